The zero-order chi connectivity index (χ0) is 14.9. The van der Waals surface area contributed by atoms with Crippen LogP contribution in [0.1, 0.15) is 35.0 Å². The summed E-state index contributed by atoms with van der Waals surface area (Å²) in [5.74, 6) is -1.13. The minimum atomic E-state index is -1.02. The minimum Gasteiger partial charge on any atom is -0.388 e. The van der Waals surface area contributed by atoms with E-state index in [4.69, 9.17) is 0 Å². The van der Waals surface area contributed by atoms with Crippen molar-refractivity contribution in [2.75, 3.05) is 0 Å². The molecule has 0 spiro atoms. The van der Waals surface area contributed by atoms with Gasteiger partial charge in [0.1, 0.15) is 11.6 Å². The van der Waals surface area contributed by atoms with Crippen molar-refractivity contribution in [3.8, 4) is 0 Å². The number of hydrogen-bond acceptors (Lipinski definition) is 2. The van der Waals surface area contributed by atoms with Crippen molar-refractivity contribution in [2.24, 2.45) is 7.05 Å². The second kappa shape index (κ2) is 5.71. The third kappa shape index (κ3) is 2.88. The van der Waals surface area contributed by atoms with Crippen LogP contribution in [0.2, 0.25) is 0 Å². The molecule has 0 fully saturated rings. The largest absolute Gasteiger partial charge is 0.388 e. The molecule has 1 heterocycles. The Morgan fingerprint density at radius 2 is 2.00 bits per heavy atom. The Bertz CT molecular complexity index is 623. The van der Waals surface area contributed by atoms with Crippen LogP contribution in [-0.2, 0) is 13.5 Å². The Morgan fingerprint density at radius 1 is 1.30 bits per heavy atom. The van der Waals surface area contributed by atoms with Gasteiger partial charge in [0.05, 0.1) is 11.8 Å². The van der Waals surface area contributed by atoms with Crippen molar-refractivity contribution in [3.05, 3.63) is 52.3 Å². The van der Waals surface area contributed by atoms with Gasteiger partial charge in [-0.1, -0.05) is 0 Å². The number of nitrogens with zero attached hydrogens (tertiary/aromatic N) is 2. The van der Waals surface area contributed by atoms with Crippen LogP contribution in [0.15, 0.2) is 18.2 Å². The summed E-state index contributed by atoms with van der Waals surface area (Å²) in [5, 5.41) is 14.3. The highest BCUT2D eigenvalue weighted by atomic mass is 19.1. The SMILES string of the molecule is Cc1nn(C)c(C)c1CCC(O)c1cc(F)ccc1F. The van der Waals surface area contributed by atoms with Gasteiger partial charge in [0.2, 0.25) is 0 Å². The van der Waals surface area contributed by atoms with Crippen LogP contribution < -0.4 is 0 Å². The Morgan fingerprint density at radius 3 is 2.60 bits per heavy atom. The summed E-state index contributed by atoms with van der Waals surface area (Å²) in [6, 6.07) is 3.12. The number of aliphatic hydroxyl groups excluding tert-OH is 1. The summed E-state index contributed by atoms with van der Waals surface area (Å²) < 4.78 is 28.5. The lowest BCUT2D eigenvalue weighted by molar-refractivity contribution is 0.162. The third-order valence-electron chi connectivity index (χ3n) is 3.64. The van der Waals surface area contributed by atoms with Gasteiger partial charge in [0, 0.05) is 18.3 Å². The first-order chi connectivity index (χ1) is 9.40. The van der Waals surface area contributed by atoms with E-state index in [0.29, 0.717) is 12.8 Å². The fourth-order valence-electron chi connectivity index (χ4n) is 2.39. The predicted octanol–water partition coefficient (Wildman–Crippen LogP) is 2.98. The van der Waals surface area contributed by atoms with Crippen molar-refractivity contribution >= 4 is 0 Å². The molecule has 1 atom stereocenters. The lowest BCUT2D eigenvalue weighted by atomic mass is 10.00. The fraction of sp³-hybridized carbons (Fsp3) is 0.400. The number of aliphatic hydroxyl groups is 1. The Balaban J connectivity index is 2.12. The summed E-state index contributed by atoms with van der Waals surface area (Å²) in [6.07, 6.45) is -0.124. The van der Waals surface area contributed by atoms with E-state index in [-0.39, 0.29) is 5.56 Å². The maximum Gasteiger partial charge on any atom is 0.129 e. The maximum atomic E-state index is 13.6. The van der Waals surface area contributed by atoms with Gasteiger partial charge in [0.15, 0.2) is 0 Å². The molecular weight excluding hydrogens is 262 g/mol. The average Bonchev–Trinajstić information content (AvgIpc) is 2.64. The van der Waals surface area contributed by atoms with E-state index in [1.165, 1.54) is 0 Å². The molecule has 0 aliphatic rings. The van der Waals surface area contributed by atoms with Crippen LogP contribution in [-0.4, -0.2) is 14.9 Å². The summed E-state index contributed by atoms with van der Waals surface area (Å²) in [4.78, 5) is 0. The van der Waals surface area contributed by atoms with Crippen LogP contribution in [0, 0.1) is 25.5 Å². The highest BCUT2D eigenvalue weighted by Crippen LogP contribution is 2.24. The number of hydrogen-bond donors (Lipinski definition) is 1. The first kappa shape index (κ1) is 14.7. The fourth-order valence-corrected chi connectivity index (χ4v) is 2.39. The summed E-state index contributed by atoms with van der Waals surface area (Å²) in [7, 11) is 1.86. The van der Waals surface area contributed by atoms with E-state index in [1.54, 1.807) is 4.68 Å². The van der Waals surface area contributed by atoms with Crippen molar-refractivity contribution in [2.45, 2.75) is 32.8 Å². The Kier molecular flexibility index (Phi) is 4.18. The molecule has 0 saturated heterocycles. The van der Waals surface area contributed by atoms with Gasteiger partial charge in [-0.25, -0.2) is 8.78 Å². The molecule has 0 aliphatic heterocycles. The minimum absolute atomic E-state index is 0.00389. The van der Waals surface area contributed by atoms with Crippen LogP contribution in [0.4, 0.5) is 8.78 Å². The van der Waals surface area contributed by atoms with Gasteiger partial charge in [-0.05, 0) is 50.5 Å². The van der Waals surface area contributed by atoms with E-state index < -0.39 is 17.7 Å². The molecule has 2 aromatic rings. The molecule has 108 valence electrons. The highest BCUT2D eigenvalue weighted by molar-refractivity contribution is 5.26. The number of halogens is 2. The lowest BCUT2D eigenvalue weighted by Gasteiger charge is -2.12. The van der Waals surface area contributed by atoms with Crippen LogP contribution >= 0.6 is 0 Å². The maximum absolute atomic E-state index is 13.6. The van der Waals surface area contributed by atoms with Crippen molar-refractivity contribution < 1.29 is 13.9 Å². The van der Waals surface area contributed by atoms with Gasteiger partial charge in [-0.2, -0.15) is 5.10 Å². The summed E-state index contributed by atoms with van der Waals surface area (Å²) in [5.41, 5.74) is 2.97. The zero-order valence-corrected chi connectivity index (χ0v) is 11.8. The predicted molar refractivity (Wildman–Crippen MR) is 72.3 cm³/mol. The molecule has 1 aromatic heterocycles. The Hall–Kier alpha value is -1.75. The van der Waals surface area contributed by atoms with Crippen molar-refractivity contribution in [1.82, 2.24) is 9.78 Å². The first-order valence-corrected chi connectivity index (χ1v) is 6.52. The van der Waals surface area contributed by atoms with E-state index in [9.17, 15) is 13.9 Å². The van der Waals surface area contributed by atoms with Crippen molar-refractivity contribution in [3.63, 3.8) is 0 Å². The molecule has 3 nitrogen and oxygen atoms in total. The number of aromatic nitrogens is 2. The normalized spacial score (nSPS) is 12.7. The lowest BCUT2D eigenvalue weighted by Crippen LogP contribution is -2.04. The topological polar surface area (TPSA) is 38.0 Å². The van der Waals surface area contributed by atoms with Gasteiger partial charge < -0.3 is 5.11 Å². The summed E-state index contributed by atoms with van der Waals surface area (Å²) in [6.45, 7) is 3.85. The molecule has 0 radical (unpaired) electrons. The molecule has 0 amide bonds. The van der Waals surface area contributed by atoms with E-state index in [0.717, 1.165) is 35.2 Å². The van der Waals surface area contributed by atoms with Gasteiger partial charge in [-0.3, -0.25) is 4.68 Å². The van der Waals surface area contributed by atoms with Crippen LogP contribution in [0.25, 0.3) is 0 Å². The molecule has 1 N–H and O–H groups in total. The molecule has 5 heteroatoms. The Labute approximate surface area is 116 Å². The second-order valence-corrected chi connectivity index (χ2v) is 4.99. The molecular formula is C15H18F2N2O. The van der Waals surface area contributed by atoms with Crippen LogP contribution in [0.5, 0.6) is 0 Å². The van der Waals surface area contributed by atoms with Gasteiger partial charge >= 0.3 is 0 Å². The highest BCUT2D eigenvalue weighted by Gasteiger charge is 2.16. The number of rotatable bonds is 4. The smallest absolute Gasteiger partial charge is 0.129 e. The van der Waals surface area contributed by atoms with E-state index in [1.807, 2.05) is 20.9 Å². The van der Waals surface area contributed by atoms with Gasteiger partial charge in [-0.15, -0.1) is 0 Å². The third-order valence-corrected chi connectivity index (χ3v) is 3.64. The standard InChI is InChI=1S/C15H18F2N2O/c1-9-12(10(2)19(3)18-9)5-7-15(20)13-8-11(16)4-6-14(13)17/h4,6,8,15,20H,5,7H2,1-3H3. The molecule has 0 bridgehead atoms. The van der Waals surface area contributed by atoms with E-state index in [2.05, 4.69) is 5.10 Å². The average molecular weight is 280 g/mol. The molecule has 1 aromatic carbocycles. The van der Waals surface area contributed by atoms with E-state index >= 15 is 0 Å². The molecule has 1 unspecified atom stereocenters. The molecule has 2 rings (SSSR count). The number of benzene rings is 1. The molecule has 20 heavy (non-hydrogen) atoms. The molecule has 0 saturated carbocycles. The quantitative estimate of drug-likeness (QED) is 0.935. The zero-order valence-electron chi connectivity index (χ0n) is 11.8. The van der Waals surface area contributed by atoms with Crippen LogP contribution in [0.3, 0.4) is 0 Å². The first-order valence-electron chi connectivity index (χ1n) is 6.52. The van der Waals surface area contributed by atoms with Crippen molar-refractivity contribution in [1.29, 1.82) is 0 Å². The second-order valence-electron chi connectivity index (χ2n) is 4.99. The van der Waals surface area contributed by atoms with Gasteiger partial charge in [0.25, 0.3) is 0 Å². The number of aryl methyl sites for hydroxylation is 2. The monoisotopic (exact) mass is 280 g/mol. The molecule has 0 aliphatic carbocycles. The summed E-state index contributed by atoms with van der Waals surface area (Å²) >= 11 is 0.